The van der Waals surface area contributed by atoms with E-state index in [1.807, 2.05) is 31.2 Å². The zero-order valence-electron chi connectivity index (χ0n) is 8.66. The number of nitrogens with zero attached hydrogens (tertiary/aromatic N) is 1. The van der Waals surface area contributed by atoms with Crippen LogP contribution in [-0.2, 0) is 0 Å². The second kappa shape index (κ2) is 5.37. The minimum Gasteiger partial charge on any atom is -0.494 e. The lowest BCUT2D eigenvalue weighted by molar-refractivity contribution is 0.317. The van der Waals surface area contributed by atoms with Crippen LogP contribution in [-0.4, -0.2) is 6.61 Å². The molecule has 0 aliphatic carbocycles. The van der Waals surface area contributed by atoms with E-state index >= 15 is 0 Å². The highest BCUT2D eigenvalue weighted by Crippen LogP contribution is 2.19. The standard InChI is InChI=1S/C11H16N2O/c1-3-8-14-11-6-4-10(5-7-11)9(2)13-12/h4-7,9,12H,3,8H2,1-2H3. The molecular weight excluding hydrogens is 176 g/mol. The second-order valence-corrected chi connectivity index (χ2v) is 3.22. The van der Waals surface area contributed by atoms with Gasteiger partial charge in [0.05, 0.1) is 12.6 Å². The summed E-state index contributed by atoms with van der Waals surface area (Å²) in [7, 11) is 0. The van der Waals surface area contributed by atoms with E-state index in [9.17, 15) is 0 Å². The summed E-state index contributed by atoms with van der Waals surface area (Å²) in [5.74, 6) is 0.882. The Hall–Kier alpha value is -1.38. The Morgan fingerprint density at radius 2 is 2.00 bits per heavy atom. The molecule has 0 fully saturated rings. The summed E-state index contributed by atoms with van der Waals surface area (Å²) in [5, 5.41) is 3.46. The third-order valence-electron chi connectivity index (χ3n) is 2.03. The molecule has 0 aliphatic rings. The molecule has 1 unspecified atom stereocenters. The smallest absolute Gasteiger partial charge is 0.119 e. The van der Waals surface area contributed by atoms with Crippen molar-refractivity contribution in [2.24, 2.45) is 5.11 Å². The van der Waals surface area contributed by atoms with Crippen molar-refractivity contribution in [3.8, 4) is 5.75 Å². The molecule has 1 N–H and O–H groups in total. The molecule has 0 aromatic heterocycles. The lowest BCUT2D eigenvalue weighted by Crippen LogP contribution is -1.95. The van der Waals surface area contributed by atoms with Gasteiger partial charge in [-0.15, -0.1) is 0 Å². The first-order valence-electron chi connectivity index (χ1n) is 4.87. The van der Waals surface area contributed by atoms with Gasteiger partial charge in [-0.2, -0.15) is 5.11 Å². The van der Waals surface area contributed by atoms with Crippen LogP contribution in [0.3, 0.4) is 0 Å². The summed E-state index contributed by atoms with van der Waals surface area (Å²) in [4.78, 5) is 0. The van der Waals surface area contributed by atoms with Gasteiger partial charge in [0.15, 0.2) is 0 Å². The molecule has 0 saturated heterocycles. The van der Waals surface area contributed by atoms with Crippen LogP contribution in [0.5, 0.6) is 5.75 Å². The lowest BCUT2D eigenvalue weighted by atomic mass is 10.1. The third kappa shape index (κ3) is 2.83. The normalized spacial score (nSPS) is 12.1. The maximum atomic E-state index is 6.90. The largest absolute Gasteiger partial charge is 0.494 e. The highest BCUT2D eigenvalue weighted by atomic mass is 16.5. The monoisotopic (exact) mass is 192 g/mol. The van der Waals surface area contributed by atoms with Crippen molar-refractivity contribution >= 4 is 0 Å². The third-order valence-corrected chi connectivity index (χ3v) is 2.03. The van der Waals surface area contributed by atoms with E-state index in [1.165, 1.54) is 0 Å². The molecule has 0 radical (unpaired) electrons. The zero-order chi connectivity index (χ0) is 10.4. The number of nitrogens with one attached hydrogen (secondary N) is 1. The average Bonchev–Trinajstić information content (AvgIpc) is 2.26. The lowest BCUT2D eigenvalue weighted by Gasteiger charge is -2.07. The predicted octanol–water partition coefficient (Wildman–Crippen LogP) is 3.57. The topological polar surface area (TPSA) is 45.4 Å². The van der Waals surface area contributed by atoms with E-state index in [0.717, 1.165) is 24.3 Å². The molecule has 0 amide bonds. The fourth-order valence-electron chi connectivity index (χ4n) is 1.14. The number of hydrogen-bond acceptors (Lipinski definition) is 3. The first-order valence-corrected chi connectivity index (χ1v) is 4.87. The fraction of sp³-hybridized carbons (Fsp3) is 0.455. The molecule has 1 aromatic carbocycles. The van der Waals surface area contributed by atoms with Crippen molar-refractivity contribution in [1.82, 2.24) is 0 Å². The molecule has 0 heterocycles. The van der Waals surface area contributed by atoms with E-state index in [1.54, 1.807) is 0 Å². The van der Waals surface area contributed by atoms with Crippen molar-refractivity contribution in [3.63, 3.8) is 0 Å². The summed E-state index contributed by atoms with van der Waals surface area (Å²) in [6.45, 7) is 4.72. The quantitative estimate of drug-likeness (QED) is 0.712. The molecule has 1 rings (SSSR count). The van der Waals surface area contributed by atoms with Crippen LogP contribution in [0, 0.1) is 5.53 Å². The highest BCUT2D eigenvalue weighted by molar-refractivity contribution is 5.28. The van der Waals surface area contributed by atoms with Gasteiger partial charge in [0.1, 0.15) is 5.75 Å². The molecule has 3 nitrogen and oxygen atoms in total. The second-order valence-electron chi connectivity index (χ2n) is 3.22. The number of hydrogen-bond donors (Lipinski definition) is 1. The first-order chi connectivity index (χ1) is 6.77. The van der Waals surface area contributed by atoms with Gasteiger partial charge in [0, 0.05) is 0 Å². The van der Waals surface area contributed by atoms with Gasteiger partial charge in [-0.1, -0.05) is 19.1 Å². The van der Waals surface area contributed by atoms with Gasteiger partial charge in [-0.3, -0.25) is 0 Å². The highest BCUT2D eigenvalue weighted by Gasteiger charge is 2.02. The minimum absolute atomic E-state index is 0.0600. The SMILES string of the molecule is CCCOc1ccc(C(C)N=N)cc1. The van der Waals surface area contributed by atoms with E-state index in [2.05, 4.69) is 12.0 Å². The number of rotatable bonds is 5. The number of benzene rings is 1. The maximum absolute atomic E-state index is 6.90. The molecule has 14 heavy (non-hydrogen) atoms. The van der Waals surface area contributed by atoms with Crippen LogP contribution >= 0.6 is 0 Å². The Labute approximate surface area is 84.6 Å². The molecule has 1 aromatic rings. The van der Waals surface area contributed by atoms with Gasteiger partial charge in [0.25, 0.3) is 0 Å². The summed E-state index contributed by atoms with van der Waals surface area (Å²) < 4.78 is 5.45. The van der Waals surface area contributed by atoms with Crippen LogP contribution in [0.1, 0.15) is 31.9 Å². The predicted molar refractivity (Wildman–Crippen MR) is 55.8 cm³/mol. The zero-order valence-corrected chi connectivity index (χ0v) is 8.66. The van der Waals surface area contributed by atoms with Gasteiger partial charge < -0.3 is 4.74 Å². The number of ether oxygens (including phenoxy) is 1. The Bertz CT molecular complexity index is 282. The molecule has 0 aliphatic heterocycles. The van der Waals surface area contributed by atoms with Gasteiger partial charge in [0.2, 0.25) is 0 Å². The first kappa shape index (κ1) is 10.7. The van der Waals surface area contributed by atoms with Crippen LogP contribution < -0.4 is 4.74 Å². The van der Waals surface area contributed by atoms with Gasteiger partial charge in [-0.25, -0.2) is 5.53 Å². The maximum Gasteiger partial charge on any atom is 0.119 e. The molecule has 3 heteroatoms. The Morgan fingerprint density at radius 1 is 1.36 bits per heavy atom. The molecule has 0 saturated carbocycles. The molecule has 1 atom stereocenters. The van der Waals surface area contributed by atoms with E-state index in [4.69, 9.17) is 10.3 Å². The Kier molecular flexibility index (Phi) is 4.11. The van der Waals surface area contributed by atoms with E-state index in [0.29, 0.717) is 0 Å². The van der Waals surface area contributed by atoms with E-state index < -0.39 is 0 Å². The Morgan fingerprint density at radius 3 is 2.50 bits per heavy atom. The molecule has 0 spiro atoms. The van der Waals surface area contributed by atoms with Crippen LogP contribution in [0.2, 0.25) is 0 Å². The van der Waals surface area contributed by atoms with Crippen molar-refractivity contribution in [3.05, 3.63) is 29.8 Å². The molecule has 0 bridgehead atoms. The van der Waals surface area contributed by atoms with Gasteiger partial charge in [-0.05, 0) is 31.0 Å². The van der Waals surface area contributed by atoms with Crippen molar-refractivity contribution in [2.75, 3.05) is 6.61 Å². The van der Waals surface area contributed by atoms with Crippen molar-refractivity contribution in [2.45, 2.75) is 26.3 Å². The molecule has 76 valence electrons. The Balaban J connectivity index is 2.63. The van der Waals surface area contributed by atoms with Crippen LogP contribution in [0.25, 0.3) is 0 Å². The van der Waals surface area contributed by atoms with Crippen LogP contribution in [0.4, 0.5) is 0 Å². The summed E-state index contributed by atoms with van der Waals surface area (Å²) in [6, 6.07) is 7.69. The van der Waals surface area contributed by atoms with Gasteiger partial charge >= 0.3 is 0 Å². The van der Waals surface area contributed by atoms with Crippen molar-refractivity contribution < 1.29 is 4.74 Å². The summed E-state index contributed by atoms with van der Waals surface area (Å²) in [6.07, 6.45) is 1.01. The summed E-state index contributed by atoms with van der Waals surface area (Å²) >= 11 is 0. The van der Waals surface area contributed by atoms with E-state index in [-0.39, 0.29) is 6.04 Å². The van der Waals surface area contributed by atoms with Crippen molar-refractivity contribution in [1.29, 1.82) is 5.53 Å². The van der Waals surface area contributed by atoms with Crippen LogP contribution in [0.15, 0.2) is 29.4 Å². The minimum atomic E-state index is -0.0600. The average molecular weight is 192 g/mol. The fourth-order valence-corrected chi connectivity index (χ4v) is 1.14. The molecular formula is C11H16N2O. The summed E-state index contributed by atoms with van der Waals surface area (Å²) in [5.41, 5.74) is 7.95.